The van der Waals surface area contributed by atoms with Crippen molar-refractivity contribution in [2.24, 2.45) is 136 Å². The van der Waals surface area contributed by atoms with Gasteiger partial charge in [-0.15, -0.1) is 0 Å². The highest BCUT2D eigenvalue weighted by Gasteiger charge is 2.53. The summed E-state index contributed by atoms with van der Waals surface area (Å²) >= 11 is 0. The first kappa shape index (κ1) is 122. The average Bonchev–Trinajstić information content (AvgIpc) is 1.58. The van der Waals surface area contributed by atoms with Gasteiger partial charge in [0.1, 0.15) is 0 Å². The lowest BCUT2D eigenvalue weighted by molar-refractivity contribution is -0.155. The highest BCUT2D eigenvalue weighted by molar-refractivity contribution is 6.01. The van der Waals surface area contributed by atoms with Crippen LogP contribution >= 0.6 is 0 Å². The summed E-state index contributed by atoms with van der Waals surface area (Å²) in [5, 5.41) is 0. The molecule has 0 saturated carbocycles. The fourth-order valence-electron chi connectivity index (χ4n) is 24.8. The highest BCUT2D eigenvalue weighted by atomic mass is 16.6. The van der Waals surface area contributed by atoms with Gasteiger partial charge in [-0.05, 0) is 181 Å². The van der Waals surface area contributed by atoms with Gasteiger partial charge in [0.25, 0.3) is 0 Å². The summed E-state index contributed by atoms with van der Waals surface area (Å²) in [7, 11) is 0. The maximum absolute atomic E-state index is 12.3. The molecule has 12 unspecified atom stereocenters. The van der Waals surface area contributed by atoms with Crippen molar-refractivity contribution in [3.05, 3.63) is 70.9 Å². The largest absolute Gasteiger partial charge is 0.393 e. The summed E-state index contributed by atoms with van der Waals surface area (Å²) in [5.41, 5.74) is 5.92. The molecule has 0 aromatic rings. The van der Waals surface area contributed by atoms with E-state index in [1.165, 1.54) is 0 Å². The van der Waals surface area contributed by atoms with Crippen LogP contribution in [0.15, 0.2) is 70.9 Å². The Bertz CT molecular complexity index is 4940. The Morgan fingerprint density at radius 2 is 0.570 bits per heavy atom. The van der Waals surface area contributed by atoms with Crippen LogP contribution in [0, 0.1) is 136 Å². The molecular weight excluding hydrogens is 1830 g/mol. The van der Waals surface area contributed by atoms with E-state index >= 15 is 0 Å². The minimum absolute atomic E-state index is 0.00317. The van der Waals surface area contributed by atoms with Crippen molar-refractivity contribution in [1.29, 1.82) is 0 Å². The number of carbonyl (C=O) groups is 20. The molecule has 10 rings (SSSR count). The lowest BCUT2D eigenvalue weighted by Crippen LogP contribution is -2.37. The summed E-state index contributed by atoms with van der Waals surface area (Å²) in [6.07, 6.45) is 13.8. The number of allylic oxidation sites excluding steroid dienone is 7. The standard InChI is InChI=1S/4C20H28O6.2C16H26O3/c2*1-19(2,3)11-20(4,5)10-12(6-13-8-15(21)25-17(13)23)7-14-9-16(22)26-18(14)24;2*1-11(7-12-8-14(21)25-17(12)23)16(13-9-15(22)26-18(13)24)20(5,6)10-19(2,3)4;1-11(7-12-8-13(17)19-14(12)18)9-16(5,6)10-15(2,3)4;1-10(2)13(11-8-12(17)19-14(11)18)16(6,7)9-15(3,4)5/h10,13-14H,6-9,11H2,1-5H3;6,13-14H,7-11H2,1-5H3;12-13H,7-10H2,1-6H3;12-13,16H,1,7-10H2,2-6H3;12H,1,7-10H2,2-6H3;11,13H,1,8-9H2,2-7H3/b;12-6-;16-11-;;;. The minimum Gasteiger partial charge on any atom is -0.393 e. The first-order chi connectivity index (χ1) is 64.2. The van der Waals surface area contributed by atoms with Gasteiger partial charge >= 0.3 is 119 Å². The monoisotopic (exact) mass is 1990 g/mol. The zero-order valence-electron chi connectivity index (χ0n) is 90.9. The van der Waals surface area contributed by atoms with Crippen LogP contribution in [0.3, 0.4) is 0 Å². The molecule has 10 saturated heterocycles. The molecule has 0 aromatic heterocycles. The molecule has 0 amide bonds. The fourth-order valence-corrected chi connectivity index (χ4v) is 24.8. The number of cyclic esters (lactones) is 20. The van der Waals surface area contributed by atoms with E-state index in [4.69, 9.17) is 14.2 Å². The number of esters is 20. The van der Waals surface area contributed by atoms with Crippen molar-refractivity contribution < 1.29 is 143 Å². The van der Waals surface area contributed by atoms with Crippen LogP contribution in [-0.2, 0) is 143 Å². The van der Waals surface area contributed by atoms with Gasteiger partial charge in [0.15, 0.2) is 0 Å². The molecule has 792 valence electrons. The van der Waals surface area contributed by atoms with Crippen molar-refractivity contribution in [2.45, 2.75) is 376 Å². The second kappa shape index (κ2) is 47.8. The molecular formula is C112H164O30. The van der Waals surface area contributed by atoms with Crippen LogP contribution in [0.1, 0.15) is 376 Å². The highest BCUT2D eigenvalue weighted by Crippen LogP contribution is 2.53. The van der Waals surface area contributed by atoms with E-state index < -0.39 is 155 Å². The van der Waals surface area contributed by atoms with Crippen LogP contribution in [0.4, 0.5) is 0 Å². The lowest BCUT2D eigenvalue weighted by atomic mass is 9.61. The van der Waals surface area contributed by atoms with Crippen molar-refractivity contribution in [3.63, 3.8) is 0 Å². The Morgan fingerprint density at radius 3 is 0.873 bits per heavy atom. The number of hydrogen-bond acceptors (Lipinski definition) is 30. The lowest BCUT2D eigenvalue weighted by Gasteiger charge is -2.42. The third-order valence-electron chi connectivity index (χ3n) is 25.9. The van der Waals surface area contributed by atoms with E-state index in [9.17, 15) is 95.9 Å². The molecule has 142 heavy (non-hydrogen) atoms. The first-order valence-electron chi connectivity index (χ1n) is 49.8. The summed E-state index contributed by atoms with van der Waals surface area (Å²) in [6, 6.07) is 0. The molecule has 30 heteroatoms. The van der Waals surface area contributed by atoms with Gasteiger partial charge in [0.2, 0.25) is 0 Å². The Morgan fingerprint density at radius 1 is 0.289 bits per heavy atom. The van der Waals surface area contributed by atoms with Crippen LogP contribution < -0.4 is 0 Å². The van der Waals surface area contributed by atoms with E-state index in [1.54, 1.807) is 6.08 Å². The molecule has 0 spiro atoms. The fraction of sp³-hybridized carbons (Fsp3) is 0.714. The summed E-state index contributed by atoms with van der Waals surface area (Å²) in [4.78, 5) is 233. The van der Waals surface area contributed by atoms with Crippen LogP contribution in [0.2, 0.25) is 0 Å². The zero-order valence-corrected chi connectivity index (χ0v) is 90.9. The van der Waals surface area contributed by atoms with Crippen molar-refractivity contribution >= 4 is 119 Å². The SMILES string of the molecule is C/C(CC1CC(=O)OC1=O)=C(\C1CC(=O)OC1=O)C(C)(C)CC(C)(C)C.C=C(C)C(C1CC(=O)OC1=O)C(C)(C)CC(C)(C)C.C=C(CC1CC(=O)OC1=O)C(C1CC(=O)OC1=O)C(C)(C)CC(C)(C)C.C=C(CC1CC(=O)OC1=O)CC(C)(C)CC(C)(C)C.CC(C)(C)CC(C)(C)C/C(=C\C1CC(=O)OC1=O)CC1CC(=O)OC1=O.CC(C)(C)CC(C)(C)C=C(CC1CC(=O)OC1=O)CC1CC(=O)OC1=O. The Hall–Kier alpha value is -10.2. The Kier molecular flexibility index (Phi) is 41.2. The molecule has 12 atom stereocenters. The summed E-state index contributed by atoms with van der Waals surface area (Å²) in [6.45, 7) is 80.3. The molecule has 0 aromatic carbocycles. The van der Waals surface area contributed by atoms with E-state index in [0.717, 1.165) is 78.4 Å². The van der Waals surface area contributed by atoms with Gasteiger partial charge < -0.3 is 47.4 Å². The molecule has 0 radical (unpaired) electrons. The maximum atomic E-state index is 12.3. The molecule has 0 aliphatic carbocycles. The number of rotatable bonds is 32. The average molecular weight is 1990 g/mol. The number of carbonyl (C=O) groups excluding carboxylic acids is 20. The molecule has 0 N–H and O–H groups in total. The van der Waals surface area contributed by atoms with Crippen molar-refractivity contribution in [1.82, 2.24) is 0 Å². The second-order valence-electron chi connectivity index (χ2n) is 52.7. The molecule has 0 bridgehead atoms. The third-order valence-corrected chi connectivity index (χ3v) is 25.9. The second-order valence-corrected chi connectivity index (χ2v) is 52.7. The van der Waals surface area contributed by atoms with Gasteiger partial charge in [-0.25, -0.2) is 0 Å². The molecule has 10 aliphatic rings. The molecule has 10 heterocycles. The van der Waals surface area contributed by atoms with E-state index in [1.807, 2.05) is 41.5 Å². The summed E-state index contributed by atoms with van der Waals surface area (Å²) < 4.78 is 46.6. The smallest absolute Gasteiger partial charge is 0.321 e. The zero-order chi connectivity index (χ0) is 109. The topological polar surface area (TPSA) is 434 Å². The normalized spacial score (nSPS) is 23.9. The van der Waals surface area contributed by atoms with Crippen LogP contribution in [0.25, 0.3) is 0 Å². The maximum Gasteiger partial charge on any atom is 0.321 e. The van der Waals surface area contributed by atoms with E-state index in [-0.39, 0.29) is 171 Å². The molecule has 10 fully saturated rings. The number of hydrogen-bond donors (Lipinski definition) is 0. The van der Waals surface area contributed by atoms with Crippen molar-refractivity contribution in [2.75, 3.05) is 0 Å². The predicted octanol–water partition coefficient (Wildman–Crippen LogP) is 20.8. The van der Waals surface area contributed by atoms with E-state index in [0.29, 0.717) is 44.1 Å². The molecule has 10 aliphatic heterocycles. The van der Waals surface area contributed by atoms with Crippen LogP contribution in [0.5, 0.6) is 0 Å². The Balaban J connectivity index is 0.000000302. The number of ether oxygens (including phenoxy) is 10. The minimum atomic E-state index is -0.632. The van der Waals surface area contributed by atoms with Crippen molar-refractivity contribution in [3.8, 4) is 0 Å². The predicted molar refractivity (Wildman–Crippen MR) is 525 cm³/mol. The van der Waals surface area contributed by atoms with E-state index in [2.05, 4.69) is 239 Å². The Labute approximate surface area is 840 Å². The van der Waals surface area contributed by atoms with Gasteiger partial charge in [-0.2, -0.15) is 0 Å². The third kappa shape index (κ3) is 40.4. The quantitative estimate of drug-likeness (QED) is 0.0261. The first-order valence-corrected chi connectivity index (χ1v) is 49.8. The van der Waals surface area contributed by atoms with Gasteiger partial charge in [-0.3, -0.25) is 95.9 Å². The van der Waals surface area contributed by atoms with Gasteiger partial charge in [0, 0.05) is 0 Å². The van der Waals surface area contributed by atoms with Gasteiger partial charge in [-0.1, -0.05) is 279 Å². The summed E-state index contributed by atoms with van der Waals surface area (Å²) in [5.74, 6) is -15.5. The van der Waals surface area contributed by atoms with Gasteiger partial charge in [0.05, 0.1) is 123 Å². The molecule has 30 nitrogen and oxygen atoms in total. The van der Waals surface area contributed by atoms with Crippen LogP contribution in [-0.4, -0.2) is 119 Å².